The van der Waals surface area contributed by atoms with Gasteiger partial charge in [-0.15, -0.1) is 12.4 Å². The number of rotatable bonds is 8. The van der Waals surface area contributed by atoms with Crippen LogP contribution in [0.2, 0.25) is 5.02 Å². The summed E-state index contributed by atoms with van der Waals surface area (Å²) in [6.45, 7) is 3.88. The van der Waals surface area contributed by atoms with Gasteiger partial charge in [-0.25, -0.2) is 4.79 Å². The largest absolute Gasteiger partial charge is 0.326 e. The number of nitrogens with zero attached hydrogens (tertiary/aromatic N) is 3. The molecule has 0 atom stereocenters. The van der Waals surface area contributed by atoms with Crippen molar-refractivity contribution in [3.05, 3.63) is 89.7 Å². The molecule has 1 aromatic heterocycles. The summed E-state index contributed by atoms with van der Waals surface area (Å²) in [5, 5.41) is 3.62. The Morgan fingerprint density at radius 3 is 2.44 bits per heavy atom. The van der Waals surface area contributed by atoms with Crippen molar-refractivity contribution in [2.75, 3.05) is 36.4 Å². The zero-order chi connectivity index (χ0) is 22.9. The van der Waals surface area contributed by atoms with Gasteiger partial charge in [-0.3, -0.25) is 9.88 Å². The Kier molecular flexibility index (Phi) is 10.2. The van der Waals surface area contributed by atoms with Crippen LogP contribution in [-0.2, 0) is 6.42 Å². The van der Waals surface area contributed by atoms with Gasteiger partial charge in [0.25, 0.3) is 0 Å². The molecule has 2 aromatic carbocycles. The quantitative estimate of drug-likeness (QED) is 0.383. The number of carbonyl (C=O) groups is 1. The van der Waals surface area contributed by atoms with Crippen LogP contribution >= 0.6 is 24.0 Å². The second-order valence-electron chi connectivity index (χ2n) is 8.63. The van der Waals surface area contributed by atoms with Gasteiger partial charge in [0.1, 0.15) is 0 Å². The molecule has 2 heterocycles. The second kappa shape index (κ2) is 13.3. The molecule has 0 radical (unpaired) electrons. The van der Waals surface area contributed by atoms with Crippen molar-refractivity contribution in [3.8, 4) is 0 Å². The van der Waals surface area contributed by atoms with Crippen LogP contribution in [0.25, 0.3) is 0 Å². The maximum atomic E-state index is 13.0. The molecule has 0 saturated carbocycles. The lowest BCUT2D eigenvalue weighted by Crippen LogP contribution is -2.39. The molecule has 0 spiro atoms. The van der Waals surface area contributed by atoms with E-state index >= 15 is 0 Å². The summed E-state index contributed by atoms with van der Waals surface area (Å²) >= 11 is 5.96. The monoisotopic (exact) mass is 498 g/mol. The van der Waals surface area contributed by atoms with Crippen LogP contribution in [0.1, 0.15) is 24.8 Å². The highest BCUT2D eigenvalue weighted by molar-refractivity contribution is 6.30. The fraction of sp³-hybridized carbons (Fsp3) is 0.333. The first-order chi connectivity index (χ1) is 16.2. The predicted molar refractivity (Wildman–Crippen MR) is 143 cm³/mol. The van der Waals surface area contributed by atoms with Crippen LogP contribution in [-0.4, -0.2) is 42.1 Å². The van der Waals surface area contributed by atoms with E-state index in [-0.39, 0.29) is 18.4 Å². The summed E-state index contributed by atoms with van der Waals surface area (Å²) in [6.07, 6.45) is 8.01. The first-order valence-electron chi connectivity index (χ1n) is 11.7. The number of likely N-dealkylation sites (tertiary alicyclic amines) is 1. The van der Waals surface area contributed by atoms with Crippen LogP contribution in [0.4, 0.5) is 16.2 Å². The van der Waals surface area contributed by atoms with Gasteiger partial charge < -0.3 is 10.2 Å². The number of halogens is 2. The lowest BCUT2D eigenvalue weighted by molar-refractivity contribution is 0.183. The molecule has 0 bridgehead atoms. The Morgan fingerprint density at radius 1 is 1.03 bits per heavy atom. The molecular formula is C27H32Cl2N4O. The molecule has 1 N–H and O–H groups in total. The minimum Gasteiger partial charge on any atom is -0.308 e. The third kappa shape index (κ3) is 7.73. The van der Waals surface area contributed by atoms with Gasteiger partial charge in [0, 0.05) is 23.5 Å². The number of aromatic nitrogens is 1. The first-order valence-corrected chi connectivity index (χ1v) is 12.1. The summed E-state index contributed by atoms with van der Waals surface area (Å²) in [5.74, 6) is 0.765. The molecule has 34 heavy (non-hydrogen) atoms. The molecule has 3 aromatic rings. The second-order valence-corrected chi connectivity index (χ2v) is 9.06. The van der Waals surface area contributed by atoms with Crippen molar-refractivity contribution in [2.45, 2.75) is 25.7 Å². The van der Waals surface area contributed by atoms with E-state index in [2.05, 4.69) is 45.5 Å². The number of pyridine rings is 1. The molecule has 180 valence electrons. The number of hydrogen-bond donors (Lipinski definition) is 1. The highest BCUT2D eigenvalue weighted by Gasteiger charge is 2.21. The summed E-state index contributed by atoms with van der Waals surface area (Å²) < 4.78 is 0. The van der Waals surface area contributed by atoms with E-state index in [1.165, 1.54) is 24.8 Å². The zero-order valence-electron chi connectivity index (χ0n) is 19.3. The summed E-state index contributed by atoms with van der Waals surface area (Å²) in [7, 11) is 0. The van der Waals surface area contributed by atoms with Crippen LogP contribution in [0.3, 0.4) is 0 Å². The Labute approximate surface area is 213 Å². The SMILES string of the molecule is Cl.O=C(Nc1ccc(Cl)cc1)N(CCCN1CCC(Cc2ccccc2)CC1)c1cccnc1. The number of nitrogens with one attached hydrogen (secondary N) is 1. The van der Waals surface area contributed by atoms with Gasteiger partial charge in [-0.2, -0.15) is 0 Å². The topological polar surface area (TPSA) is 48.5 Å². The third-order valence-corrected chi connectivity index (χ3v) is 6.48. The molecule has 5 nitrogen and oxygen atoms in total. The lowest BCUT2D eigenvalue weighted by atomic mass is 9.90. The van der Waals surface area contributed by atoms with Gasteiger partial charge in [0.2, 0.25) is 0 Å². The predicted octanol–water partition coefficient (Wildman–Crippen LogP) is 6.54. The minimum absolute atomic E-state index is 0. The van der Waals surface area contributed by atoms with E-state index in [1.807, 2.05) is 12.1 Å². The van der Waals surface area contributed by atoms with E-state index in [0.717, 1.165) is 43.3 Å². The number of piperidine rings is 1. The average Bonchev–Trinajstić information content (AvgIpc) is 2.85. The highest BCUT2D eigenvalue weighted by atomic mass is 35.5. The molecule has 1 saturated heterocycles. The van der Waals surface area contributed by atoms with Gasteiger partial charge in [-0.05, 0) is 93.2 Å². The number of amides is 2. The molecule has 1 aliphatic heterocycles. The van der Waals surface area contributed by atoms with Crippen LogP contribution in [0, 0.1) is 5.92 Å². The fourth-order valence-corrected chi connectivity index (χ4v) is 4.53. The van der Waals surface area contributed by atoms with Gasteiger partial charge >= 0.3 is 6.03 Å². The lowest BCUT2D eigenvalue weighted by Gasteiger charge is -2.32. The Bertz CT molecular complexity index is 994. The Hall–Kier alpha value is -2.60. The molecule has 4 rings (SSSR count). The van der Waals surface area contributed by atoms with E-state index < -0.39 is 0 Å². The molecule has 0 unspecified atom stereocenters. The smallest absolute Gasteiger partial charge is 0.308 e. The first kappa shape index (κ1) is 26.0. The Morgan fingerprint density at radius 2 is 1.76 bits per heavy atom. The zero-order valence-corrected chi connectivity index (χ0v) is 20.8. The van der Waals surface area contributed by atoms with Crippen molar-refractivity contribution in [2.24, 2.45) is 5.92 Å². The third-order valence-electron chi connectivity index (χ3n) is 6.23. The van der Waals surface area contributed by atoms with Crippen molar-refractivity contribution in [3.63, 3.8) is 0 Å². The summed E-state index contributed by atoms with van der Waals surface area (Å²) in [4.78, 5) is 21.5. The van der Waals surface area contributed by atoms with Crippen molar-refractivity contribution in [1.29, 1.82) is 0 Å². The normalized spacial score (nSPS) is 14.3. The van der Waals surface area contributed by atoms with E-state index in [0.29, 0.717) is 11.6 Å². The molecular weight excluding hydrogens is 467 g/mol. The van der Waals surface area contributed by atoms with E-state index in [4.69, 9.17) is 11.6 Å². The summed E-state index contributed by atoms with van der Waals surface area (Å²) in [5.41, 5.74) is 2.96. The van der Waals surface area contributed by atoms with Crippen molar-refractivity contribution < 1.29 is 4.79 Å². The van der Waals surface area contributed by atoms with Crippen molar-refractivity contribution >= 4 is 41.4 Å². The minimum atomic E-state index is -0.160. The highest BCUT2D eigenvalue weighted by Crippen LogP contribution is 2.22. The molecule has 1 aliphatic rings. The van der Waals surface area contributed by atoms with Gasteiger partial charge in [-0.1, -0.05) is 41.9 Å². The van der Waals surface area contributed by atoms with Crippen LogP contribution < -0.4 is 10.2 Å². The summed E-state index contributed by atoms with van der Waals surface area (Å²) in [6, 6.07) is 21.6. The molecule has 2 amide bonds. The number of anilines is 2. The number of hydrogen-bond acceptors (Lipinski definition) is 3. The number of benzene rings is 2. The fourth-order valence-electron chi connectivity index (χ4n) is 4.40. The molecule has 7 heteroatoms. The Balaban J connectivity index is 0.00000324. The van der Waals surface area contributed by atoms with Gasteiger partial charge in [0.05, 0.1) is 11.9 Å². The van der Waals surface area contributed by atoms with Crippen LogP contribution in [0.5, 0.6) is 0 Å². The molecule has 0 aliphatic carbocycles. The van der Waals surface area contributed by atoms with E-state index in [9.17, 15) is 4.79 Å². The number of urea groups is 1. The maximum absolute atomic E-state index is 13.0. The standard InChI is InChI=1S/C27H31ClN4O.ClH/c28-24-9-11-25(12-10-24)30-27(33)32(26-8-4-15-29-21-26)17-5-16-31-18-13-23(14-19-31)20-22-6-2-1-3-7-22;/h1-4,6-12,15,21,23H,5,13-14,16-20H2,(H,30,33);1H. The van der Waals surface area contributed by atoms with E-state index in [1.54, 1.807) is 41.6 Å². The van der Waals surface area contributed by atoms with Gasteiger partial charge in [0.15, 0.2) is 0 Å². The molecule has 1 fully saturated rings. The van der Waals surface area contributed by atoms with Crippen molar-refractivity contribution in [1.82, 2.24) is 9.88 Å². The van der Waals surface area contributed by atoms with Crippen LogP contribution in [0.15, 0.2) is 79.1 Å². The average molecular weight is 499 g/mol. The number of carbonyl (C=O) groups excluding carboxylic acids is 1. The maximum Gasteiger partial charge on any atom is 0.326 e.